The summed E-state index contributed by atoms with van der Waals surface area (Å²) in [5.74, 6) is 0.584. The Labute approximate surface area is 279 Å². The van der Waals surface area contributed by atoms with Crippen LogP contribution in [0.5, 0.6) is 0 Å². The molecule has 3 aromatic heterocycles. The fourth-order valence-corrected chi connectivity index (χ4v) is 8.49. The highest BCUT2D eigenvalue weighted by Gasteiger charge is 2.26. The molecule has 0 unspecified atom stereocenters. The topological polar surface area (TPSA) is 44.1 Å². The first-order valence-electron chi connectivity index (χ1n) is 16.6. The third-order valence-electron chi connectivity index (χ3n) is 10.5. The fraction of sp³-hybridized carbons (Fsp3) is 0. The van der Waals surface area contributed by atoms with Crippen molar-refractivity contribution in [3.63, 3.8) is 0 Å². The lowest BCUT2D eigenvalue weighted by Gasteiger charge is -2.14. The maximum atomic E-state index is 6.97. The second-order valence-electron chi connectivity index (χ2n) is 13.1. The van der Waals surface area contributed by atoms with Gasteiger partial charge in [-0.2, -0.15) is 0 Å². The van der Waals surface area contributed by atoms with Crippen molar-refractivity contribution < 1.29 is 8.83 Å². The molecule has 11 aromatic rings. The SMILES string of the molecule is c1ccc2c(c1)-c1cccc3ccc4c(c13)c1c-2cccc1n4-c1cc2ccccc2c2c1oc1cc(-c3nc4ccccc4o3)ccc12. The predicted octanol–water partition coefficient (Wildman–Crippen LogP) is 12.4. The Hall–Kier alpha value is -6.65. The van der Waals surface area contributed by atoms with Crippen LogP contribution in [0.3, 0.4) is 0 Å². The van der Waals surface area contributed by atoms with E-state index >= 15 is 0 Å². The van der Waals surface area contributed by atoms with E-state index in [1.807, 2.05) is 24.3 Å². The van der Waals surface area contributed by atoms with Crippen LogP contribution in [0.1, 0.15) is 0 Å². The van der Waals surface area contributed by atoms with Gasteiger partial charge in [-0.05, 0) is 92.3 Å². The molecule has 0 N–H and O–H groups in total. The molecule has 0 bridgehead atoms. The monoisotopic (exact) mass is 624 g/mol. The van der Waals surface area contributed by atoms with E-state index in [1.165, 1.54) is 60.1 Å². The first kappa shape index (κ1) is 25.4. The number of hydrogen-bond acceptors (Lipinski definition) is 3. The van der Waals surface area contributed by atoms with Gasteiger partial charge in [-0.15, -0.1) is 0 Å². The Balaban J connectivity index is 1.23. The van der Waals surface area contributed by atoms with Gasteiger partial charge in [0.05, 0.1) is 16.7 Å². The van der Waals surface area contributed by atoms with Crippen molar-refractivity contribution in [2.75, 3.05) is 0 Å². The summed E-state index contributed by atoms with van der Waals surface area (Å²) >= 11 is 0. The van der Waals surface area contributed by atoms with E-state index in [2.05, 4.69) is 126 Å². The Morgan fingerprint density at radius 2 is 1.18 bits per heavy atom. The molecule has 0 aliphatic heterocycles. The lowest BCUT2D eigenvalue weighted by atomic mass is 9.93. The van der Waals surface area contributed by atoms with Crippen molar-refractivity contribution in [3.05, 3.63) is 146 Å². The van der Waals surface area contributed by atoms with Gasteiger partial charge in [0, 0.05) is 27.1 Å². The molecule has 0 saturated carbocycles. The minimum atomic E-state index is 0.584. The maximum Gasteiger partial charge on any atom is 0.227 e. The molecule has 8 aromatic carbocycles. The van der Waals surface area contributed by atoms with Crippen molar-refractivity contribution in [2.24, 2.45) is 0 Å². The molecule has 0 fully saturated rings. The Morgan fingerprint density at radius 1 is 0.449 bits per heavy atom. The summed E-state index contributed by atoms with van der Waals surface area (Å²) in [4.78, 5) is 4.77. The van der Waals surface area contributed by atoms with Crippen LogP contribution in [0, 0.1) is 0 Å². The lowest BCUT2D eigenvalue weighted by Crippen LogP contribution is -1.96. The number of rotatable bonds is 2. The van der Waals surface area contributed by atoms with Crippen molar-refractivity contribution in [1.82, 2.24) is 9.55 Å². The molecular formula is C45H24N2O2. The normalized spacial score (nSPS) is 12.5. The number of aromatic nitrogens is 2. The van der Waals surface area contributed by atoms with Crippen LogP contribution in [0.15, 0.2) is 154 Å². The zero-order chi connectivity index (χ0) is 31.8. The zero-order valence-corrected chi connectivity index (χ0v) is 26.1. The smallest absolute Gasteiger partial charge is 0.227 e. The minimum absolute atomic E-state index is 0.584. The molecule has 0 saturated heterocycles. The third kappa shape index (κ3) is 3.25. The Kier molecular flexibility index (Phi) is 4.69. The number of oxazole rings is 1. The highest BCUT2D eigenvalue weighted by atomic mass is 16.3. The molecule has 3 heterocycles. The predicted molar refractivity (Wildman–Crippen MR) is 201 cm³/mol. The van der Waals surface area contributed by atoms with E-state index in [9.17, 15) is 0 Å². The second-order valence-corrected chi connectivity index (χ2v) is 13.1. The molecule has 0 atom stereocenters. The Morgan fingerprint density at radius 3 is 2.08 bits per heavy atom. The van der Waals surface area contributed by atoms with Gasteiger partial charge in [0.25, 0.3) is 0 Å². The molecule has 0 spiro atoms. The summed E-state index contributed by atoms with van der Waals surface area (Å²) in [6.07, 6.45) is 0. The van der Waals surface area contributed by atoms with Crippen molar-refractivity contribution in [2.45, 2.75) is 0 Å². The highest BCUT2D eigenvalue weighted by Crippen LogP contribution is 2.50. The maximum absolute atomic E-state index is 6.97. The van der Waals surface area contributed by atoms with Gasteiger partial charge in [-0.25, -0.2) is 4.98 Å². The summed E-state index contributed by atoms with van der Waals surface area (Å²) in [6.45, 7) is 0. The first-order valence-corrected chi connectivity index (χ1v) is 16.6. The molecule has 49 heavy (non-hydrogen) atoms. The minimum Gasteiger partial charge on any atom is -0.454 e. The summed E-state index contributed by atoms with van der Waals surface area (Å²) in [5.41, 5.74) is 12.6. The standard InChI is InChI=1S/C45H24N2O2/c1-2-11-28-26(9-1)23-37(44-41(28)33-21-19-27(24-39(33)48-44)45-46-34-16-5-6-18-38(34)49-45)47-35-17-8-15-32-30-13-4-3-12-29(30)31-14-7-10-25-20-22-36(47)43(40(25)31)42(32)35/h1-24H. The molecule has 0 amide bonds. The van der Waals surface area contributed by atoms with Crippen LogP contribution in [-0.2, 0) is 0 Å². The average Bonchev–Trinajstić information content (AvgIpc) is 3.84. The fourth-order valence-electron chi connectivity index (χ4n) is 8.49. The first-order chi connectivity index (χ1) is 24.3. The van der Waals surface area contributed by atoms with Crippen molar-refractivity contribution >= 4 is 76.4 Å². The number of fused-ring (bicyclic) bond motifs is 9. The van der Waals surface area contributed by atoms with Gasteiger partial charge in [-0.3, -0.25) is 0 Å². The number of para-hydroxylation sites is 2. The van der Waals surface area contributed by atoms with Crippen molar-refractivity contribution in [3.8, 4) is 39.4 Å². The molecule has 0 radical (unpaired) electrons. The summed E-state index contributed by atoms with van der Waals surface area (Å²) in [5, 5.41) is 9.61. The van der Waals surface area contributed by atoms with Gasteiger partial charge < -0.3 is 13.4 Å². The highest BCUT2D eigenvalue weighted by molar-refractivity contribution is 6.31. The number of benzene rings is 8. The van der Waals surface area contributed by atoms with E-state index in [1.54, 1.807) is 0 Å². The molecule has 4 nitrogen and oxygen atoms in total. The molecule has 1 aliphatic carbocycles. The van der Waals surface area contributed by atoms with E-state index in [-0.39, 0.29) is 0 Å². The van der Waals surface area contributed by atoms with Gasteiger partial charge in [0.2, 0.25) is 5.89 Å². The lowest BCUT2D eigenvalue weighted by molar-refractivity contribution is 0.619. The van der Waals surface area contributed by atoms with E-state index < -0.39 is 0 Å². The number of nitrogens with zero attached hydrogens (tertiary/aromatic N) is 2. The number of hydrogen-bond donors (Lipinski definition) is 0. The summed E-state index contributed by atoms with van der Waals surface area (Å²) in [7, 11) is 0. The van der Waals surface area contributed by atoms with Crippen molar-refractivity contribution in [1.29, 1.82) is 0 Å². The van der Waals surface area contributed by atoms with Crippen LogP contribution in [-0.4, -0.2) is 9.55 Å². The zero-order valence-electron chi connectivity index (χ0n) is 26.1. The molecule has 1 aliphatic rings. The summed E-state index contributed by atoms with van der Waals surface area (Å²) < 4.78 is 15.6. The van der Waals surface area contributed by atoms with Gasteiger partial charge in [0.1, 0.15) is 11.1 Å². The van der Waals surface area contributed by atoms with Crippen LogP contribution in [0.2, 0.25) is 0 Å². The second kappa shape index (κ2) is 9.03. The summed E-state index contributed by atoms with van der Waals surface area (Å²) in [6, 6.07) is 51.9. The number of furan rings is 1. The molecular weight excluding hydrogens is 601 g/mol. The Bertz CT molecular complexity index is 3200. The third-order valence-corrected chi connectivity index (χ3v) is 10.5. The van der Waals surface area contributed by atoms with E-state index in [0.717, 1.165) is 49.8 Å². The van der Waals surface area contributed by atoms with E-state index in [4.69, 9.17) is 13.8 Å². The van der Waals surface area contributed by atoms with Gasteiger partial charge >= 0.3 is 0 Å². The van der Waals surface area contributed by atoms with Crippen LogP contribution < -0.4 is 0 Å². The molecule has 226 valence electrons. The molecule has 12 rings (SSSR count). The van der Waals surface area contributed by atoms with E-state index in [0.29, 0.717) is 5.89 Å². The van der Waals surface area contributed by atoms with Crippen LogP contribution in [0.25, 0.3) is 116 Å². The average molecular weight is 625 g/mol. The van der Waals surface area contributed by atoms with Gasteiger partial charge in [0.15, 0.2) is 11.2 Å². The van der Waals surface area contributed by atoms with Crippen LogP contribution in [0.4, 0.5) is 0 Å². The van der Waals surface area contributed by atoms with Gasteiger partial charge in [-0.1, -0.05) is 97.1 Å². The quantitative estimate of drug-likeness (QED) is 0.192. The van der Waals surface area contributed by atoms with Crippen LogP contribution >= 0.6 is 0 Å². The largest absolute Gasteiger partial charge is 0.454 e. The molecule has 4 heteroatoms.